The molecule has 0 heterocycles. The van der Waals surface area contributed by atoms with E-state index in [2.05, 4.69) is 4.74 Å². The fraction of sp³-hybridized carbons (Fsp3) is 0.333. The maximum absolute atomic E-state index is 9.65. The predicted octanol–water partition coefficient (Wildman–Crippen LogP) is -0.0841. The minimum absolute atomic E-state index is 0. The van der Waals surface area contributed by atoms with Crippen molar-refractivity contribution in [2.24, 2.45) is 0 Å². The molecule has 0 aliphatic heterocycles. The second-order valence-corrected chi connectivity index (χ2v) is 0.860. The Morgan fingerprint density at radius 2 is 1.78 bits per heavy atom. The molecule has 0 unspecified atom stereocenters. The molecule has 0 atom stereocenters. The number of carbonyl (C=O) groups is 2. The van der Waals surface area contributed by atoms with Gasteiger partial charge in [0.1, 0.15) is 0 Å². The van der Waals surface area contributed by atoms with Crippen molar-refractivity contribution in [1.29, 1.82) is 0 Å². The van der Waals surface area contributed by atoms with E-state index in [-0.39, 0.29) is 81.2 Å². The van der Waals surface area contributed by atoms with Crippen LogP contribution >= 0.6 is 0 Å². The van der Waals surface area contributed by atoms with Crippen LogP contribution in [0.5, 0.6) is 0 Å². The van der Waals surface area contributed by atoms with Gasteiger partial charge in [0.25, 0.3) is 0 Å². The summed E-state index contributed by atoms with van der Waals surface area (Å²) < 4.78 is 3.53. The van der Waals surface area contributed by atoms with Gasteiger partial charge in [-0.1, -0.05) is 0 Å². The summed E-state index contributed by atoms with van der Waals surface area (Å²) in [6, 6.07) is 0. The van der Waals surface area contributed by atoms with Gasteiger partial charge in [0.15, 0.2) is 0 Å². The first-order chi connectivity index (χ1) is 3.13. The average molecular weight is 188 g/mol. The second-order valence-electron chi connectivity index (χ2n) is 0.860. The molecule has 1 N–H and O–H groups in total. The van der Waals surface area contributed by atoms with Crippen molar-refractivity contribution in [2.75, 3.05) is 0 Å². The van der Waals surface area contributed by atoms with Crippen LogP contribution in [0.1, 0.15) is 12.6 Å². The maximum atomic E-state index is 9.65. The molecule has 0 amide bonds. The summed E-state index contributed by atoms with van der Waals surface area (Å²) in [7, 11) is 0. The third kappa shape index (κ3) is 17.7. The van der Waals surface area contributed by atoms with Crippen molar-refractivity contribution in [1.82, 2.24) is 0 Å². The monoisotopic (exact) mass is 188 g/mol. The molecule has 0 bridgehead atoms. The molecule has 0 aromatic heterocycles. The Hall–Kier alpha value is 1.46. The summed E-state index contributed by atoms with van der Waals surface area (Å²) in [6.07, 6.45) is -1.56. The van der Waals surface area contributed by atoms with Crippen LogP contribution in [0.3, 0.4) is 0 Å². The van der Waals surface area contributed by atoms with Crippen molar-refractivity contribution >= 4 is 87.6 Å². The van der Waals surface area contributed by atoms with Crippen LogP contribution in [-0.4, -0.2) is 92.7 Å². The molecule has 0 saturated carbocycles. The van der Waals surface area contributed by atoms with Crippen LogP contribution in [0, 0.1) is 0 Å². The molecule has 0 aromatic carbocycles. The zero-order chi connectivity index (χ0) is 5.86. The van der Waals surface area contributed by atoms with Crippen LogP contribution in [0.2, 0.25) is 0 Å². The van der Waals surface area contributed by atoms with Crippen LogP contribution in [0.25, 0.3) is 0 Å². The van der Waals surface area contributed by atoms with Crippen LogP contribution < -0.4 is 0 Å². The van der Waals surface area contributed by atoms with Gasteiger partial charge < -0.3 is 15.5 Å². The molecule has 48 valence electrons. The average Bonchev–Trinajstić information content (AvgIpc) is 1.27. The summed E-state index contributed by atoms with van der Waals surface area (Å²) >= 11 is 0. The first-order valence-corrected chi connectivity index (χ1v) is 1.54. The molecule has 0 spiro atoms. The van der Waals surface area contributed by atoms with Crippen LogP contribution in [0.4, 0.5) is 4.79 Å². The number of esters is 1. The van der Waals surface area contributed by atoms with Crippen LogP contribution in [-0.2, 0) is 9.53 Å². The van der Waals surface area contributed by atoms with E-state index in [1.165, 1.54) is 0 Å². The Morgan fingerprint density at radius 3 is 1.78 bits per heavy atom. The third-order valence-electron chi connectivity index (χ3n) is 0.231. The van der Waals surface area contributed by atoms with Crippen molar-refractivity contribution in [3.05, 3.63) is 0 Å². The molecule has 0 saturated heterocycles. The normalized spacial score (nSPS) is 5.89. The Morgan fingerprint density at radius 1 is 1.44 bits per heavy atom. The number of ether oxygens (including phenoxy) is 1. The molecule has 0 aliphatic carbocycles. The van der Waals surface area contributed by atoms with E-state index in [9.17, 15) is 9.59 Å². The first kappa shape index (κ1) is 16.8. The van der Waals surface area contributed by atoms with Gasteiger partial charge >= 0.3 is 87.6 Å². The fourth-order valence-corrected chi connectivity index (χ4v) is 0.123. The van der Waals surface area contributed by atoms with Gasteiger partial charge in [0.05, 0.1) is 0 Å². The van der Waals surface area contributed by atoms with Gasteiger partial charge in [-0.15, -0.1) is 0 Å². The van der Waals surface area contributed by atoms with Gasteiger partial charge in [-0.2, -0.15) is 0 Å². The number of hydrogen-bond donors (Lipinski definition) is 1. The van der Waals surface area contributed by atoms with Gasteiger partial charge in [-0.05, 0) is 0 Å². The molecular weight excluding hydrogens is 180 g/mol. The molecule has 0 aliphatic rings. The predicted molar refractivity (Wildman–Crippen MR) is 35.7 cm³/mol. The molecular formula is C3H8Ca2O4. The number of rotatable bonds is 0. The Labute approximate surface area is 118 Å². The number of carbonyl (C=O) groups excluding carboxylic acids is 1. The second kappa shape index (κ2) is 9.46. The minimum atomic E-state index is -1.56. The molecule has 0 aromatic rings. The zero-order valence-electron chi connectivity index (χ0n) is 9.09. The Kier molecular flexibility index (Phi) is 17.7. The molecule has 9 heavy (non-hydrogen) atoms. The maximum Gasteiger partial charge on any atom is 2.00 e. The molecule has 0 rings (SSSR count). The van der Waals surface area contributed by atoms with Crippen molar-refractivity contribution in [3.63, 3.8) is 0 Å². The Bertz CT molecular complexity index is 102. The van der Waals surface area contributed by atoms with Crippen molar-refractivity contribution in [3.8, 4) is 0 Å². The van der Waals surface area contributed by atoms with Gasteiger partial charge in [-0.25, -0.2) is 4.79 Å². The molecule has 6 heteroatoms. The number of carboxylic acid groups (broad SMARTS) is 1. The van der Waals surface area contributed by atoms with Gasteiger partial charge in [0.2, 0.25) is 0 Å². The smallest absolute Gasteiger partial charge is 1.00 e. The standard InChI is InChI=1S/C3H4O4.2Ca.4H/c1-2(4)7-3(5)6;;;;;;/h1H3,(H,5,6);;;;;;/q;2*+2;4*-1. The quantitative estimate of drug-likeness (QED) is 0.328. The van der Waals surface area contributed by atoms with Gasteiger partial charge in [-0.3, -0.25) is 4.79 Å². The Balaban J connectivity index is -0.0000000120. The number of hydrogen-bond acceptors (Lipinski definition) is 3. The summed E-state index contributed by atoms with van der Waals surface area (Å²) in [6.45, 7) is 1.02. The topological polar surface area (TPSA) is 63.6 Å². The van der Waals surface area contributed by atoms with E-state index in [0.717, 1.165) is 6.92 Å². The van der Waals surface area contributed by atoms with Crippen molar-refractivity contribution in [2.45, 2.75) is 6.92 Å². The first-order valence-electron chi connectivity index (χ1n) is 1.54. The third-order valence-corrected chi connectivity index (χ3v) is 0.231. The minimum Gasteiger partial charge on any atom is -1.00 e. The van der Waals surface area contributed by atoms with Crippen molar-refractivity contribution < 1.29 is 25.1 Å². The summed E-state index contributed by atoms with van der Waals surface area (Å²) in [4.78, 5) is 19.0. The van der Waals surface area contributed by atoms with E-state index in [1.54, 1.807) is 0 Å². The van der Waals surface area contributed by atoms with E-state index in [0.29, 0.717) is 0 Å². The summed E-state index contributed by atoms with van der Waals surface area (Å²) in [5.74, 6) is -0.812. The largest absolute Gasteiger partial charge is 2.00 e. The van der Waals surface area contributed by atoms with Gasteiger partial charge in [0, 0.05) is 6.92 Å². The fourth-order valence-electron chi connectivity index (χ4n) is 0.123. The van der Waals surface area contributed by atoms with E-state index < -0.39 is 12.1 Å². The van der Waals surface area contributed by atoms with E-state index in [4.69, 9.17) is 5.11 Å². The summed E-state index contributed by atoms with van der Waals surface area (Å²) in [5.41, 5.74) is 0. The molecule has 0 radical (unpaired) electrons. The SMILES string of the molecule is CC(=O)OC(=O)O.[Ca+2].[Ca+2].[H-].[H-].[H-].[H-]. The molecule has 0 fully saturated rings. The van der Waals surface area contributed by atoms with E-state index >= 15 is 0 Å². The van der Waals surface area contributed by atoms with Crippen LogP contribution in [0.15, 0.2) is 0 Å². The van der Waals surface area contributed by atoms with E-state index in [1.807, 2.05) is 0 Å². The summed E-state index contributed by atoms with van der Waals surface area (Å²) in [5, 5.41) is 7.64. The zero-order valence-corrected chi connectivity index (χ0v) is 9.50. The molecule has 4 nitrogen and oxygen atoms in total.